The van der Waals surface area contributed by atoms with Crippen LogP contribution in [0.15, 0.2) is 179 Å². The first-order valence-electron chi connectivity index (χ1n) is 19.9. The predicted molar refractivity (Wildman–Crippen MR) is 238 cm³/mol. The Labute approximate surface area is 373 Å². The number of nitrogens with one attached hydrogen (secondary N) is 2. The number of nitrogens with zero attached hydrogens (tertiary/aromatic N) is 12. The summed E-state index contributed by atoms with van der Waals surface area (Å²) in [5.74, 6) is 0. The van der Waals surface area contributed by atoms with Crippen molar-refractivity contribution < 1.29 is 12.6 Å². The van der Waals surface area contributed by atoms with E-state index in [2.05, 4.69) is 62.2 Å². The van der Waals surface area contributed by atoms with E-state index in [-0.39, 0.29) is 28.7 Å². The quantitative estimate of drug-likeness (QED) is 0.121. The molecule has 65 heavy (non-hydrogen) atoms. The number of rotatable bonds is 12. The van der Waals surface area contributed by atoms with Crippen LogP contribution in [0.1, 0.15) is 36.1 Å². The first-order chi connectivity index (χ1) is 31.8. The maximum Gasteiger partial charge on any atom is 0.208 e. The van der Waals surface area contributed by atoms with E-state index >= 15 is 0 Å². The van der Waals surface area contributed by atoms with Crippen LogP contribution in [0.5, 0.6) is 0 Å². The highest BCUT2D eigenvalue weighted by atomic mass is 32.2. The highest BCUT2D eigenvalue weighted by Crippen LogP contribution is 2.31. The van der Waals surface area contributed by atoms with Crippen molar-refractivity contribution in [1.82, 2.24) is 59.4 Å². The van der Waals surface area contributed by atoms with E-state index in [4.69, 9.17) is 0 Å². The lowest BCUT2D eigenvalue weighted by molar-refractivity contribution is 0.529. The lowest BCUT2D eigenvalue weighted by Crippen LogP contribution is -2.12. The average Bonchev–Trinajstić information content (AvgIpc) is 4.21. The van der Waals surface area contributed by atoms with Gasteiger partial charge in [-0.2, -0.15) is 20.7 Å². The van der Waals surface area contributed by atoms with E-state index in [1.165, 1.54) is 31.0 Å². The lowest BCUT2D eigenvalue weighted by Gasteiger charge is -2.15. The third-order valence-electron chi connectivity index (χ3n) is 10.4. The minimum Gasteiger partial charge on any atom is -0.346 e. The van der Waals surface area contributed by atoms with Crippen LogP contribution in [0.3, 0.4) is 0 Å². The van der Waals surface area contributed by atoms with Gasteiger partial charge in [-0.15, -0.1) is 0 Å². The van der Waals surface area contributed by atoms with Crippen LogP contribution < -0.4 is 0 Å². The molecule has 318 valence electrons. The van der Waals surface area contributed by atoms with Gasteiger partial charge in [-0.05, 0) is 59.7 Å². The topological polar surface area (TPSA) is 243 Å². The van der Waals surface area contributed by atoms with Gasteiger partial charge in [0.05, 0.1) is 86.3 Å². The van der Waals surface area contributed by atoms with Crippen molar-refractivity contribution in [2.24, 2.45) is 0 Å². The predicted octanol–water partition coefficient (Wildman–Crippen LogP) is 7.44. The van der Waals surface area contributed by atoms with E-state index < -0.39 is 26.7 Å². The van der Waals surface area contributed by atoms with Crippen molar-refractivity contribution in [2.45, 2.75) is 44.5 Å². The van der Waals surface area contributed by atoms with Gasteiger partial charge in [0, 0.05) is 76.4 Å². The van der Waals surface area contributed by atoms with Gasteiger partial charge in [0.15, 0.2) is 0 Å². The van der Waals surface area contributed by atoms with Crippen LogP contribution in [0, 0.1) is 22.7 Å². The molecule has 0 aliphatic carbocycles. The molecule has 2 N–H and O–H groups in total. The van der Waals surface area contributed by atoms with Gasteiger partial charge in [0.25, 0.3) is 0 Å². The highest BCUT2D eigenvalue weighted by Gasteiger charge is 2.23. The molecule has 3 unspecified atom stereocenters. The molecule has 8 aromatic heterocycles. The molecule has 0 aliphatic rings. The molecule has 0 saturated heterocycles. The number of H-pyrrole nitrogens is 2. The Bertz CT molecular complexity index is 3500. The summed E-state index contributed by atoms with van der Waals surface area (Å²) in [5.41, 5.74) is 5.83. The number of hydrogen-bond donors (Lipinski definition) is 2. The third kappa shape index (κ3) is 8.65. The summed E-state index contributed by atoms with van der Waals surface area (Å²) >= 11 is 0. The largest absolute Gasteiger partial charge is 0.346 e. The van der Waals surface area contributed by atoms with Crippen LogP contribution in [-0.4, -0.2) is 72.1 Å². The Morgan fingerprint density at radius 3 is 1.68 bits per heavy atom. The average molecular weight is 895 g/mol. The van der Waals surface area contributed by atoms with Gasteiger partial charge < -0.3 is 9.97 Å². The zero-order chi connectivity index (χ0) is 44.8. The molecule has 0 radical (unpaired) electrons. The maximum absolute atomic E-state index is 13.0. The van der Waals surface area contributed by atoms with E-state index in [0.29, 0.717) is 26.7 Å². The van der Waals surface area contributed by atoms with Gasteiger partial charge in [0.1, 0.15) is 23.9 Å². The van der Waals surface area contributed by atoms with Gasteiger partial charge in [0.2, 0.25) is 9.84 Å². The molecule has 0 saturated carbocycles. The SMILES string of the molecule is N#CCC(c1cncc(S(=O)(=O)c2ccccc2)c1)n1cc(-c2ncnc3[nH]ccc23)cn1.N#CCC(c1cncc(S(=O)c2ccccc2)c1)n1cc(-c2ncnc3[nH]ccc23)cn1. The maximum atomic E-state index is 13.0. The van der Waals surface area contributed by atoms with Gasteiger partial charge in [-0.25, -0.2) is 32.6 Å². The summed E-state index contributed by atoms with van der Waals surface area (Å²) in [7, 11) is -5.11. The summed E-state index contributed by atoms with van der Waals surface area (Å²) < 4.78 is 42.4. The number of fused-ring (bicyclic) bond motifs is 2. The lowest BCUT2D eigenvalue weighted by atomic mass is 10.1. The third-order valence-corrected chi connectivity index (χ3v) is 13.5. The second-order valence-electron chi connectivity index (χ2n) is 14.4. The van der Waals surface area contributed by atoms with Crippen molar-refractivity contribution in [2.75, 3.05) is 0 Å². The molecule has 10 rings (SSSR count). The molecule has 0 spiro atoms. The summed E-state index contributed by atoms with van der Waals surface area (Å²) in [6, 6.07) is 28.1. The fraction of sp³-hybridized carbons (Fsp3) is 0.0870. The van der Waals surface area contributed by atoms with E-state index in [0.717, 1.165) is 38.8 Å². The number of hydrogen-bond acceptors (Lipinski definition) is 13. The van der Waals surface area contributed by atoms with Crippen molar-refractivity contribution in [3.8, 4) is 34.7 Å². The standard InChI is InChI=1S/C23H17N7O2S.C23H17N7OS/c24-8-6-21(16-10-19(13-25-11-16)33(31,32)18-4-2-1-3-5-18)30-14-17(12-29-30)22-20-7-9-26-23(20)28-15-27-22;24-8-6-21(16-10-19(13-25-11-16)32(31)18-4-2-1-3-5-18)30-14-17(12-29-30)22-20-7-9-26-23(20)28-15-27-22/h1-5,7,9-15,21H,6H2,(H,26,27,28);1-5,7,9-15,21H,6H2,(H,26,27,28). The second kappa shape index (κ2) is 18.4. The number of benzene rings is 2. The van der Waals surface area contributed by atoms with Gasteiger partial charge >= 0.3 is 0 Å². The van der Waals surface area contributed by atoms with E-state index in [1.807, 2.05) is 60.9 Å². The first-order valence-corrected chi connectivity index (χ1v) is 22.5. The number of sulfone groups is 1. The van der Waals surface area contributed by atoms with E-state index in [9.17, 15) is 23.2 Å². The van der Waals surface area contributed by atoms with E-state index in [1.54, 1.807) is 77.0 Å². The summed E-state index contributed by atoms with van der Waals surface area (Å²) in [6.07, 6.45) is 20.0. The van der Waals surface area contributed by atoms with Crippen molar-refractivity contribution in [3.05, 3.63) is 171 Å². The Kier molecular flexibility index (Phi) is 11.9. The molecule has 0 bridgehead atoms. The molecular formula is C46H34N14O3S2. The summed E-state index contributed by atoms with van der Waals surface area (Å²) in [5, 5.41) is 29.6. The molecule has 2 aromatic carbocycles. The normalized spacial score (nSPS) is 12.7. The summed E-state index contributed by atoms with van der Waals surface area (Å²) in [4.78, 5) is 33.3. The molecule has 0 aliphatic heterocycles. The zero-order valence-electron chi connectivity index (χ0n) is 34.0. The Morgan fingerprint density at radius 2 is 1.12 bits per heavy atom. The molecule has 10 aromatic rings. The molecular weight excluding hydrogens is 861 g/mol. The number of nitriles is 2. The number of pyridine rings is 2. The second-order valence-corrected chi connectivity index (χ2v) is 17.8. The van der Waals surface area contributed by atoms with Gasteiger partial charge in [-0.1, -0.05) is 36.4 Å². The molecule has 0 amide bonds. The Hall–Kier alpha value is -8.52. The highest BCUT2D eigenvalue weighted by molar-refractivity contribution is 7.91. The van der Waals surface area contributed by atoms with Crippen LogP contribution in [0.25, 0.3) is 44.6 Å². The van der Waals surface area contributed by atoms with Crippen LogP contribution in [-0.2, 0) is 20.6 Å². The molecule has 17 nitrogen and oxygen atoms in total. The fourth-order valence-corrected chi connectivity index (χ4v) is 9.62. The fourth-order valence-electron chi connectivity index (χ4n) is 7.27. The molecule has 3 atom stereocenters. The van der Waals surface area contributed by atoms with Crippen LogP contribution in [0.4, 0.5) is 0 Å². The first kappa shape index (κ1) is 41.8. The van der Waals surface area contributed by atoms with Crippen molar-refractivity contribution in [1.29, 1.82) is 10.5 Å². The van der Waals surface area contributed by atoms with Crippen molar-refractivity contribution >= 4 is 42.7 Å². The van der Waals surface area contributed by atoms with Crippen molar-refractivity contribution in [3.63, 3.8) is 0 Å². The Morgan fingerprint density at radius 1 is 0.600 bits per heavy atom. The molecule has 19 heteroatoms. The van der Waals surface area contributed by atoms with Gasteiger partial charge in [-0.3, -0.25) is 19.3 Å². The minimum atomic E-state index is -3.74. The number of aromatic nitrogens is 12. The number of aromatic amines is 2. The zero-order valence-corrected chi connectivity index (χ0v) is 35.6. The Balaban J connectivity index is 0.000000164. The molecule has 8 heterocycles. The monoisotopic (exact) mass is 894 g/mol. The smallest absolute Gasteiger partial charge is 0.208 e. The van der Waals surface area contributed by atoms with Crippen LogP contribution in [0.2, 0.25) is 0 Å². The van der Waals surface area contributed by atoms with Crippen LogP contribution >= 0.6 is 0 Å². The molecule has 0 fully saturated rings. The summed E-state index contributed by atoms with van der Waals surface area (Å²) in [6.45, 7) is 0. The minimum absolute atomic E-state index is 0.0614.